The average molecular weight is 337 g/mol. The summed E-state index contributed by atoms with van der Waals surface area (Å²) in [5, 5.41) is 9.53. The Bertz CT molecular complexity index is 658. The molecule has 0 aliphatic heterocycles. The Labute approximate surface area is 153 Å². The molecular weight excluding hydrogens is 304 g/mol. The third kappa shape index (κ3) is 5.36. The molecule has 1 N–H and O–H groups in total. The summed E-state index contributed by atoms with van der Waals surface area (Å²) in [4.78, 5) is 0. The van der Waals surface area contributed by atoms with Crippen molar-refractivity contribution < 1.29 is 5.11 Å². The quantitative estimate of drug-likeness (QED) is 0.436. The lowest BCUT2D eigenvalue weighted by molar-refractivity contribution is 0.475. The number of aromatic hydroxyl groups is 1. The standard InChI is InChI=1S/C24H32O/c1-18(2)6-3-4-7-19-14-20-8-5-9-23(17-21(15-19)16-20)22-10-12-24(25)13-11-22/h8-13,15,18,21,25H,3-7,14,16-17H2,1-2H3. The third-order valence-electron chi connectivity index (χ3n) is 5.47. The van der Waals surface area contributed by atoms with Gasteiger partial charge in [0.25, 0.3) is 0 Å². The number of unbranched alkanes of at least 4 members (excludes halogenated alkanes) is 1. The molecule has 0 heterocycles. The molecule has 0 spiro atoms. The molecule has 1 atom stereocenters. The normalized spacial score (nSPS) is 20.4. The average Bonchev–Trinajstić information content (AvgIpc) is 2.57. The zero-order valence-corrected chi connectivity index (χ0v) is 15.8. The van der Waals surface area contributed by atoms with Gasteiger partial charge in [0.05, 0.1) is 0 Å². The second-order valence-electron chi connectivity index (χ2n) is 8.18. The Kier molecular flexibility index (Phi) is 6.18. The van der Waals surface area contributed by atoms with Gasteiger partial charge in [-0.1, -0.05) is 68.2 Å². The van der Waals surface area contributed by atoms with Gasteiger partial charge in [-0.3, -0.25) is 0 Å². The SMILES string of the molecule is CC(C)CCCCC1=CC2CC(=CCC=C(c3ccc(O)cc3)C2)C1. The molecule has 2 bridgehead atoms. The maximum Gasteiger partial charge on any atom is 0.115 e. The minimum Gasteiger partial charge on any atom is -0.508 e. The van der Waals surface area contributed by atoms with Crippen molar-refractivity contribution in [2.45, 2.75) is 65.2 Å². The zero-order valence-electron chi connectivity index (χ0n) is 15.8. The predicted octanol–water partition coefficient (Wildman–Crippen LogP) is 7.05. The molecule has 0 fully saturated rings. The molecule has 3 rings (SSSR count). The molecule has 0 aromatic heterocycles. The van der Waals surface area contributed by atoms with Crippen LogP contribution in [-0.2, 0) is 0 Å². The fourth-order valence-electron chi connectivity index (χ4n) is 4.16. The Morgan fingerprint density at radius 2 is 1.84 bits per heavy atom. The fourth-order valence-corrected chi connectivity index (χ4v) is 4.16. The number of benzene rings is 1. The highest BCUT2D eigenvalue weighted by Gasteiger charge is 2.20. The van der Waals surface area contributed by atoms with Gasteiger partial charge in [0.2, 0.25) is 0 Å². The molecule has 1 aromatic rings. The van der Waals surface area contributed by atoms with E-state index >= 15 is 0 Å². The predicted molar refractivity (Wildman–Crippen MR) is 108 cm³/mol. The van der Waals surface area contributed by atoms with Crippen molar-refractivity contribution >= 4 is 5.57 Å². The highest BCUT2D eigenvalue weighted by Crippen LogP contribution is 2.38. The fraction of sp³-hybridized carbons (Fsp3) is 0.500. The van der Waals surface area contributed by atoms with Gasteiger partial charge in [0, 0.05) is 0 Å². The van der Waals surface area contributed by atoms with Crippen LogP contribution in [0, 0.1) is 11.8 Å². The van der Waals surface area contributed by atoms with Crippen molar-refractivity contribution in [2.75, 3.05) is 0 Å². The van der Waals surface area contributed by atoms with Gasteiger partial charge >= 0.3 is 0 Å². The second kappa shape index (κ2) is 8.56. The summed E-state index contributed by atoms with van der Waals surface area (Å²) in [6.45, 7) is 4.64. The lowest BCUT2D eigenvalue weighted by Gasteiger charge is -2.27. The molecule has 25 heavy (non-hydrogen) atoms. The molecule has 0 amide bonds. The van der Waals surface area contributed by atoms with Crippen LogP contribution in [0.1, 0.15) is 70.8 Å². The highest BCUT2D eigenvalue weighted by molar-refractivity contribution is 5.67. The molecule has 0 saturated carbocycles. The number of rotatable bonds is 6. The number of hydrogen-bond donors (Lipinski definition) is 1. The lowest BCUT2D eigenvalue weighted by Crippen LogP contribution is -2.10. The van der Waals surface area contributed by atoms with E-state index in [2.05, 4.69) is 32.1 Å². The third-order valence-corrected chi connectivity index (χ3v) is 5.47. The maximum absolute atomic E-state index is 9.53. The van der Waals surface area contributed by atoms with Crippen LogP contribution in [0.5, 0.6) is 5.75 Å². The number of hydrogen-bond acceptors (Lipinski definition) is 1. The first-order chi connectivity index (χ1) is 12.1. The van der Waals surface area contributed by atoms with Crippen LogP contribution in [0.4, 0.5) is 0 Å². The lowest BCUT2D eigenvalue weighted by atomic mass is 9.79. The molecule has 0 radical (unpaired) electrons. The van der Waals surface area contributed by atoms with Gasteiger partial charge in [-0.15, -0.1) is 0 Å². The van der Waals surface area contributed by atoms with E-state index in [1.807, 2.05) is 12.1 Å². The number of phenolic OH excluding ortho intramolecular Hbond substituents is 1. The summed E-state index contributed by atoms with van der Waals surface area (Å²) in [6.07, 6.45) is 17.3. The first-order valence-electron chi connectivity index (χ1n) is 9.96. The minimum absolute atomic E-state index is 0.346. The van der Waals surface area contributed by atoms with E-state index in [-0.39, 0.29) is 0 Å². The first-order valence-corrected chi connectivity index (χ1v) is 9.96. The molecule has 1 nitrogen and oxygen atoms in total. The van der Waals surface area contributed by atoms with E-state index in [0.29, 0.717) is 11.7 Å². The number of allylic oxidation sites excluding steroid dienone is 6. The molecule has 1 heteroatoms. The van der Waals surface area contributed by atoms with Gasteiger partial charge in [-0.05, 0) is 73.6 Å². The highest BCUT2D eigenvalue weighted by atomic mass is 16.3. The van der Waals surface area contributed by atoms with E-state index in [4.69, 9.17) is 0 Å². The van der Waals surface area contributed by atoms with Crippen molar-refractivity contribution in [1.29, 1.82) is 0 Å². The van der Waals surface area contributed by atoms with Crippen LogP contribution in [0.15, 0.2) is 53.6 Å². The van der Waals surface area contributed by atoms with Crippen LogP contribution in [-0.4, -0.2) is 5.11 Å². The number of phenols is 1. The van der Waals surface area contributed by atoms with Crippen LogP contribution in [0.3, 0.4) is 0 Å². The summed E-state index contributed by atoms with van der Waals surface area (Å²) in [7, 11) is 0. The van der Waals surface area contributed by atoms with Crippen LogP contribution in [0.2, 0.25) is 0 Å². The Morgan fingerprint density at radius 1 is 1.04 bits per heavy atom. The molecule has 1 aromatic carbocycles. The zero-order chi connectivity index (χ0) is 17.6. The topological polar surface area (TPSA) is 20.2 Å². The van der Waals surface area contributed by atoms with E-state index in [0.717, 1.165) is 18.8 Å². The van der Waals surface area contributed by atoms with Crippen molar-refractivity contribution in [3.8, 4) is 5.75 Å². The smallest absolute Gasteiger partial charge is 0.115 e. The van der Waals surface area contributed by atoms with E-state index in [1.165, 1.54) is 49.7 Å². The van der Waals surface area contributed by atoms with Crippen molar-refractivity contribution in [1.82, 2.24) is 0 Å². The van der Waals surface area contributed by atoms with Gasteiger partial charge in [0.1, 0.15) is 5.75 Å². The molecular formula is C24H32O. The monoisotopic (exact) mass is 336 g/mol. The Morgan fingerprint density at radius 3 is 2.60 bits per heavy atom. The summed E-state index contributed by atoms with van der Waals surface area (Å²) in [5.74, 6) is 1.81. The molecule has 2 aliphatic carbocycles. The van der Waals surface area contributed by atoms with Gasteiger partial charge < -0.3 is 5.11 Å². The van der Waals surface area contributed by atoms with Gasteiger partial charge in [-0.2, -0.15) is 0 Å². The summed E-state index contributed by atoms with van der Waals surface area (Å²) < 4.78 is 0. The van der Waals surface area contributed by atoms with Crippen LogP contribution in [0.25, 0.3) is 5.57 Å². The molecule has 1 unspecified atom stereocenters. The molecule has 2 aliphatic rings. The first kappa shape index (κ1) is 18.0. The Hall–Kier alpha value is -1.76. The molecule has 134 valence electrons. The van der Waals surface area contributed by atoms with E-state index in [9.17, 15) is 5.11 Å². The van der Waals surface area contributed by atoms with Crippen LogP contribution < -0.4 is 0 Å². The molecule has 0 saturated heterocycles. The van der Waals surface area contributed by atoms with Crippen LogP contribution >= 0.6 is 0 Å². The summed E-state index contributed by atoms with van der Waals surface area (Å²) in [5.41, 5.74) is 6.00. The summed E-state index contributed by atoms with van der Waals surface area (Å²) in [6, 6.07) is 7.69. The van der Waals surface area contributed by atoms with Gasteiger partial charge in [0.15, 0.2) is 0 Å². The Balaban J connectivity index is 1.67. The largest absolute Gasteiger partial charge is 0.508 e. The second-order valence-corrected chi connectivity index (χ2v) is 8.18. The number of fused-ring (bicyclic) bond motifs is 2. The maximum atomic E-state index is 9.53. The minimum atomic E-state index is 0.346. The van der Waals surface area contributed by atoms with Gasteiger partial charge in [-0.25, -0.2) is 0 Å². The van der Waals surface area contributed by atoms with E-state index < -0.39 is 0 Å². The van der Waals surface area contributed by atoms with Crippen molar-refractivity contribution in [2.24, 2.45) is 11.8 Å². The van der Waals surface area contributed by atoms with Crippen molar-refractivity contribution in [3.63, 3.8) is 0 Å². The van der Waals surface area contributed by atoms with E-state index in [1.54, 1.807) is 23.3 Å². The summed E-state index contributed by atoms with van der Waals surface area (Å²) >= 11 is 0. The van der Waals surface area contributed by atoms with Crippen molar-refractivity contribution in [3.05, 3.63) is 59.2 Å².